The molecule has 2 aromatic rings. The van der Waals surface area contributed by atoms with Crippen LogP contribution in [0.2, 0.25) is 0 Å². The minimum absolute atomic E-state index is 0.612. The number of nitrogens with two attached hydrogens (primary N) is 2. The summed E-state index contributed by atoms with van der Waals surface area (Å²) < 4.78 is 0. The van der Waals surface area contributed by atoms with Crippen molar-refractivity contribution in [2.75, 3.05) is 0 Å². The Morgan fingerprint density at radius 3 is 2.47 bits per heavy atom. The van der Waals surface area contributed by atoms with E-state index in [-0.39, 0.29) is 0 Å². The molecule has 0 fully saturated rings. The maximum Gasteiger partial charge on any atom is 0.160 e. The van der Waals surface area contributed by atoms with Crippen LogP contribution in [0.15, 0.2) is 58.3 Å². The number of hydrogen-bond acceptors (Lipinski definition) is 5. The molecule has 0 aliphatic heterocycles. The van der Waals surface area contributed by atoms with Crippen molar-refractivity contribution in [3.05, 3.63) is 48.5 Å². The van der Waals surface area contributed by atoms with Gasteiger partial charge < -0.3 is 9.68 Å². The third-order valence-corrected chi connectivity index (χ3v) is 3.19. The van der Waals surface area contributed by atoms with Crippen molar-refractivity contribution in [3.63, 3.8) is 0 Å². The Morgan fingerprint density at radius 1 is 0.882 bits per heavy atom. The largest absolute Gasteiger partial charge is 0.411 e. The maximum absolute atomic E-state index is 5.20. The van der Waals surface area contributed by atoms with Gasteiger partial charge in [0.1, 0.15) is 5.75 Å². The van der Waals surface area contributed by atoms with Gasteiger partial charge in [-0.05, 0) is 30.3 Å². The average Bonchev–Trinajstić information content (AvgIpc) is 2.39. The lowest BCUT2D eigenvalue weighted by Gasteiger charge is -2.07. The molecule has 0 radical (unpaired) electrons. The number of rotatable bonds is 4. The van der Waals surface area contributed by atoms with Gasteiger partial charge in [0, 0.05) is 4.90 Å². The first-order chi connectivity index (χ1) is 8.33. The molecule has 5 heteroatoms. The van der Waals surface area contributed by atoms with Crippen LogP contribution in [0.4, 0.5) is 0 Å². The van der Waals surface area contributed by atoms with Crippen LogP contribution < -0.4 is 21.5 Å². The van der Waals surface area contributed by atoms with E-state index in [1.165, 1.54) is 11.8 Å². The Labute approximate surface area is 103 Å². The molecule has 2 rings (SSSR count). The number of hydrogen-bond donors (Lipinski definition) is 2. The molecular formula is C12H12N2O2S. The van der Waals surface area contributed by atoms with Gasteiger partial charge >= 0.3 is 0 Å². The highest BCUT2D eigenvalue weighted by Gasteiger charge is 2.05. The van der Waals surface area contributed by atoms with Crippen LogP contribution in [0.3, 0.4) is 0 Å². The molecule has 0 atom stereocenters. The average molecular weight is 248 g/mol. The highest BCUT2D eigenvalue weighted by atomic mass is 32.2. The van der Waals surface area contributed by atoms with Crippen molar-refractivity contribution >= 4 is 11.8 Å². The van der Waals surface area contributed by atoms with Crippen molar-refractivity contribution in [2.24, 2.45) is 11.8 Å². The fraction of sp³-hybridized carbons (Fsp3) is 0. The quantitative estimate of drug-likeness (QED) is 0.813. The van der Waals surface area contributed by atoms with E-state index in [1.54, 1.807) is 6.07 Å². The monoisotopic (exact) mass is 248 g/mol. The second-order valence-electron chi connectivity index (χ2n) is 3.26. The zero-order chi connectivity index (χ0) is 12.1. The van der Waals surface area contributed by atoms with Crippen molar-refractivity contribution in [3.8, 4) is 11.5 Å². The minimum Gasteiger partial charge on any atom is -0.411 e. The van der Waals surface area contributed by atoms with Crippen LogP contribution in [0.1, 0.15) is 0 Å². The smallest absolute Gasteiger partial charge is 0.160 e. The van der Waals surface area contributed by atoms with Crippen LogP contribution in [0.25, 0.3) is 0 Å². The van der Waals surface area contributed by atoms with Gasteiger partial charge in [0.2, 0.25) is 0 Å². The van der Waals surface area contributed by atoms with E-state index in [0.717, 1.165) is 9.79 Å². The molecule has 0 heterocycles. The summed E-state index contributed by atoms with van der Waals surface area (Å²) in [5.41, 5.74) is 0. The molecule has 0 spiro atoms. The molecule has 0 unspecified atom stereocenters. The minimum atomic E-state index is 0.612. The molecule has 17 heavy (non-hydrogen) atoms. The van der Waals surface area contributed by atoms with E-state index >= 15 is 0 Å². The molecule has 2 aromatic carbocycles. The van der Waals surface area contributed by atoms with Gasteiger partial charge in [0.25, 0.3) is 0 Å². The first-order valence-electron chi connectivity index (χ1n) is 4.94. The molecule has 0 saturated carbocycles. The molecule has 0 aliphatic rings. The van der Waals surface area contributed by atoms with E-state index in [1.807, 2.05) is 42.5 Å². The molecule has 88 valence electrons. The number of para-hydroxylation sites is 1. The van der Waals surface area contributed by atoms with E-state index in [0.29, 0.717) is 11.5 Å². The van der Waals surface area contributed by atoms with Crippen LogP contribution >= 0.6 is 11.8 Å². The lowest BCUT2D eigenvalue weighted by molar-refractivity contribution is 0.326. The summed E-state index contributed by atoms with van der Waals surface area (Å²) in [6, 6.07) is 15.0. The first-order valence-corrected chi connectivity index (χ1v) is 5.75. The van der Waals surface area contributed by atoms with Crippen LogP contribution in [-0.2, 0) is 0 Å². The van der Waals surface area contributed by atoms with E-state index in [2.05, 4.69) is 4.84 Å². The third kappa shape index (κ3) is 2.91. The maximum atomic E-state index is 5.20. The van der Waals surface area contributed by atoms with Crippen molar-refractivity contribution in [1.82, 2.24) is 0 Å². The predicted octanol–water partition coefficient (Wildman–Crippen LogP) is 2.34. The van der Waals surface area contributed by atoms with Crippen LogP contribution in [-0.4, -0.2) is 0 Å². The van der Waals surface area contributed by atoms with Gasteiger partial charge in [-0.1, -0.05) is 30.0 Å². The lowest BCUT2D eigenvalue weighted by Crippen LogP contribution is -2.02. The van der Waals surface area contributed by atoms with Gasteiger partial charge in [-0.15, -0.1) is 0 Å². The molecular weight excluding hydrogens is 236 g/mol. The third-order valence-electron chi connectivity index (χ3n) is 2.15. The normalized spacial score (nSPS) is 10.0. The van der Waals surface area contributed by atoms with Gasteiger partial charge in [0.15, 0.2) is 5.75 Å². The summed E-state index contributed by atoms with van der Waals surface area (Å²) >= 11 is 1.53. The van der Waals surface area contributed by atoms with Gasteiger partial charge in [-0.3, -0.25) is 0 Å². The molecule has 4 nitrogen and oxygen atoms in total. The van der Waals surface area contributed by atoms with Crippen LogP contribution in [0.5, 0.6) is 11.5 Å². The zero-order valence-corrected chi connectivity index (χ0v) is 9.81. The molecule has 0 aliphatic carbocycles. The fourth-order valence-corrected chi connectivity index (χ4v) is 2.31. The molecule has 4 N–H and O–H groups in total. The van der Waals surface area contributed by atoms with Gasteiger partial charge in [-0.2, -0.15) is 11.8 Å². The van der Waals surface area contributed by atoms with Gasteiger partial charge in [-0.25, -0.2) is 0 Å². The van der Waals surface area contributed by atoms with Crippen molar-refractivity contribution < 1.29 is 9.68 Å². The highest BCUT2D eigenvalue weighted by molar-refractivity contribution is 7.99. The lowest BCUT2D eigenvalue weighted by atomic mass is 10.3. The molecule has 0 saturated heterocycles. The Morgan fingerprint density at radius 2 is 1.71 bits per heavy atom. The second kappa shape index (κ2) is 5.58. The van der Waals surface area contributed by atoms with E-state index in [9.17, 15) is 0 Å². The summed E-state index contributed by atoms with van der Waals surface area (Å²) in [5.74, 6) is 11.6. The van der Waals surface area contributed by atoms with Crippen LogP contribution in [0, 0.1) is 0 Å². The predicted molar refractivity (Wildman–Crippen MR) is 66.6 cm³/mol. The summed E-state index contributed by atoms with van der Waals surface area (Å²) in [6.07, 6.45) is 0. The summed E-state index contributed by atoms with van der Waals surface area (Å²) in [6.45, 7) is 0. The Hall–Kier alpha value is -1.69. The summed E-state index contributed by atoms with van der Waals surface area (Å²) in [7, 11) is 0. The Bertz CT molecular complexity index is 505. The SMILES string of the molecule is NOc1cccc(Sc2ccccc2ON)c1. The summed E-state index contributed by atoms with van der Waals surface area (Å²) in [5, 5.41) is 0. The fourth-order valence-electron chi connectivity index (χ4n) is 1.37. The van der Waals surface area contributed by atoms with E-state index < -0.39 is 0 Å². The Kier molecular flexibility index (Phi) is 3.87. The topological polar surface area (TPSA) is 70.5 Å². The van der Waals surface area contributed by atoms with Gasteiger partial charge in [0.05, 0.1) is 4.90 Å². The zero-order valence-electron chi connectivity index (χ0n) is 9.00. The summed E-state index contributed by atoms with van der Waals surface area (Å²) in [4.78, 5) is 11.4. The second-order valence-corrected chi connectivity index (χ2v) is 4.37. The standard InChI is InChI=1S/C12H12N2O2S/c13-15-9-4-3-5-10(8-9)17-12-7-2-1-6-11(12)16-14/h1-8H,13-14H2. The first kappa shape index (κ1) is 11.8. The molecule has 0 amide bonds. The highest BCUT2D eigenvalue weighted by Crippen LogP contribution is 2.35. The number of benzene rings is 2. The van der Waals surface area contributed by atoms with Crippen molar-refractivity contribution in [1.29, 1.82) is 0 Å². The Balaban J connectivity index is 2.24. The van der Waals surface area contributed by atoms with Crippen molar-refractivity contribution in [2.45, 2.75) is 9.79 Å². The molecule has 0 aromatic heterocycles. The molecule has 0 bridgehead atoms. The van der Waals surface area contributed by atoms with E-state index in [4.69, 9.17) is 16.6 Å².